The molecule has 0 saturated carbocycles. The summed E-state index contributed by atoms with van der Waals surface area (Å²) in [5, 5.41) is 0. The van der Waals surface area contributed by atoms with Crippen molar-refractivity contribution in [1.29, 1.82) is 0 Å². The highest BCUT2D eigenvalue weighted by molar-refractivity contribution is 9.10. The molecule has 0 aliphatic rings. The van der Waals surface area contributed by atoms with Gasteiger partial charge in [0.15, 0.2) is 0 Å². The second-order valence-corrected chi connectivity index (χ2v) is 4.11. The monoisotopic (exact) mass is 242 g/mol. The van der Waals surface area contributed by atoms with Gasteiger partial charge in [-0.2, -0.15) is 0 Å². The molecule has 0 aliphatic carbocycles. The number of halogens is 1. The third-order valence-electron chi connectivity index (χ3n) is 2.06. The number of ether oxygens (including phenoxy) is 1. The van der Waals surface area contributed by atoms with E-state index in [4.69, 9.17) is 4.74 Å². The van der Waals surface area contributed by atoms with Crippen LogP contribution in [0, 0.1) is 5.92 Å². The lowest BCUT2D eigenvalue weighted by Gasteiger charge is -2.11. The van der Waals surface area contributed by atoms with Gasteiger partial charge < -0.3 is 4.74 Å². The predicted octanol–water partition coefficient (Wildman–Crippen LogP) is 3.87. The summed E-state index contributed by atoms with van der Waals surface area (Å²) in [4.78, 5) is 0. The van der Waals surface area contributed by atoms with E-state index in [0.29, 0.717) is 5.92 Å². The van der Waals surface area contributed by atoms with Crippen molar-refractivity contribution in [3.8, 4) is 5.75 Å². The van der Waals surface area contributed by atoms with Gasteiger partial charge in [0.05, 0.1) is 11.1 Å². The van der Waals surface area contributed by atoms with E-state index in [9.17, 15) is 0 Å². The van der Waals surface area contributed by atoms with Gasteiger partial charge in [0.25, 0.3) is 0 Å². The Morgan fingerprint density at radius 1 is 1.38 bits per heavy atom. The highest BCUT2D eigenvalue weighted by Crippen LogP contribution is 2.24. The van der Waals surface area contributed by atoms with E-state index in [1.165, 1.54) is 0 Å². The van der Waals surface area contributed by atoms with Gasteiger partial charge in [-0.1, -0.05) is 32.4 Å². The maximum atomic E-state index is 5.64. The fraction of sp³-hybridized carbons (Fsp3) is 0.455. The number of benzene rings is 1. The van der Waals surface area contributed by atoms with Crippen LogP contribution in [0.4, 0.5) is 0 Å². The van der Waals surface area contributed by atoms with Crippen LogP contribution in [-0.2, 0) is 0 Å². The highest BCUT2D eigenvalue weighted by atomic mass is 79.9. The molecule has 1 aromatic carbocycles. The van der Waals surface area contributed by atoms with Crippen molar-refractivity contribution in [3.05, 3.63) is 28.7 Å². The van der Waals surface area contributed by atoms with Crippen molar-refractivity contribution >= 4 is 15.9 Å². The molecule has 1 atom stereocenters. The van der Waals surface area contributed by atoms with Crippen LogP contribution in [0.15, 0.2) is 28.7 Å². The van der Waals surface area contributed by atoms with Gasteiger partial charge in [0.1, 0.15) is 5.75 Å². The molecule has 0 aliphatic heterocycles. The molecular weight excluding hydrogens is 228 g/mol. The van der Waals surface area contributed by atoms with Crippen LogP contribution in [-0.4, -0.2) is 6.61 Å². The molecule has 1 rings (SSSR count). The molecule has 0 radical (unpaired) electrons. The topological polar surface area (TPSA) is 9.23 Å². The van der Waals surface area contributed by atoms with Crippen molar-refractivity contribution in [3.63, 3.8) is 0 Å². The minimum atomic E-state index is 0.618. The molecule has 13 heavy (non-hydrogen) atoms. The van der Waals surface area contributed by atoms with E-state index in [1.54, 1.807) is 0 Å². The van der Waals surface area contributed by atoms with Crippen LogP contribution in [0.25, 0.3) is 0 Å². The van der Waals surface area contributed by atoms with E-state index >= 15 is 0 Å². The number of rotatable bonds is 4. The molecule has 0 heterocycles. The van der Waals surface area contributed by atoms with Crippen molar-refractivity contribution in [2.75, 3.05) is 6.61 Å². The lowest BCUT2D eigenvalue weighted by molar-refractivity contribution is 0.255. The smallest absolute Gasteiger partial charge is 0.133 e. The maximum Gasteiger partial charge on any atom is 0.133 e. The van der Waals surface area contributed by atoms with Gasteiger partial charge >= 0.3 is 0 Å². The van der Waals surface area contributed by atoms with E-state index in [1.807, 2.05) is 24.3 Å². The van der Waals surface area contributed by atoms with Gasteiger partial charge in [-0.25, -0.2) is 0 Å². The minimum Gasteiger partial charge on any atom is -0.492 e. The van der Waals surface area contributed by atoms with Gasteiger partial charge in [-0.15, -0.1) is 0 Å². The molecule has 0 fully saturated rings. The second-order valence-electron chi connectivity index (χ2n) is 3.25. The normalized spacial score (nSPS) is 12.5. The first-order chi connectivity index (χ1) is 6.24. The third-order valence-corrected chi connectivity index (χ3v) is 2.71. The molecule has 72 valence electrons. The van der Waals surface area contributed by atoms with Crippen molar-refractivity contribution in [1.82, 2.24) is 0 Å². The fourth-order valence-corrected chi connectivity index (χ4v) is 1.31. The Balaban J connectivity index is 2.50. The lowest BCUT2D eigenvalue weighted by Crippen LogP contribution is -2.07. The number of hydrogen-bond donors (Lipinski definition) is 0. The molecule has 0 N–H and O–H groups in total. The zero-order valence-electron chi connectivity index (χ0n) is 8.09. The van der Waals surface area contributed by atoms with Crippen LogP contribution < -0.4 is 4.74 Å². The van der Waals surface area contributed by atoms with E-state index in [2.05, 4.69) is 29.8 Å². The summed E-state index contributed by atoms with van der Waals surface area (Å²) in [5.41, 5.74) is 0. The van der Waals surface area contributed by atoms with E-state index in [-0.39, 0.29) is 0 Å². The maximum absolute atomic E-state index is 5.64. The summed E-state index contributed by atoms with van der Waals surface area (Å²) in [6.07, 6.45) is 1.16. The Bertz CT molecular complexity index is 260. The van der Waals surface area contributed by atoms with Crippen molar-refractivity contribution in [2.45, 2.75) is 20.3 Å². The second kappa shape index (κ2) is 5.28. The van der Waals surface area contributed by atoms with Crippen LogP contribution in [0.1, 0.15) is 20.3 Å². The Hall–Kier alpha value is -0.500. The van der Waals surface area contributed by atoms with Gasteiger partial charge in [0, 0.05) is 0 Å². The molecule has 0 spiro atoms. The Morgan fingerprint density at radius 2 is 2.08 bits per heavy atom. The first kappa shape index (κ1) is 10.6. The zero-order valence-corrected chi connectivity index (χ0v) is 9.67. The minimum absolute atomic E-state index is 0.618. The highest BCUT2D eigenvalue weighted by Gasteiger charge is 2.02. The predicted molar refractivity (Wildman–Crippen MR) is 59.1 cm³/mol. The molecule has 2 heteroatoms. The molecule has 0 saturated heterocycles. The summed E-state index contributed by atoms with van der Waals surface area (Å²) in [5.74, 6) is 1.55. The molecular formula is C11H15BrO. The van der Waals surface area contributed by atoms with Crippen LogP contribution in [0.5, 0.6) is 5.75 Å². The number of hydrogen-bond acceptors (Lipinski definition) is 1. The Labute approximate surface area is 88.2 Å². The molecule has 1 aromatic rings. The average molecular weight is 243 g/mol. The molecule has 1 unspecified atom stereocenters. The fourth-order valence-electron chi connectivity index (χ4n) is 0.912. The molecule has 0 bridgehead atoms. The SMILES string of the molecule is CCC(C)COc1ccccc1Br. The Kier molecular flexibility index (Phi) is 4.29. The summed E-state index contributed by atoms with van der Waals surface area (Å²) in [7, 11) is 0. The summed E-state index contributed by atoms with van der Waals surface area (Å²) >= 11 is 3.44. The molecule has 0 aromatic heterocycles. The van der Waals surface area contributed by atoms with Gasteiger partial charge in [-0.05, 0) is 34.0 Å². The summed E-state index contributed by atoms with van der Waals surface area (Å²) < 4.78 is 6.67. The quantitative estimate of drug-likeness (QED) is 0.779. The van der Waals surface area contributed by atoms with Crippen molar-refractivity contribution < 1.29 is 4.74 Å². The molecule has 1 nitrogen and oxygen atoms in total. The number of para-hydroxylation sites is 1. The first-order valence-corrected chi connectivity index (χ1v) is 5.40. The zero-order chi connectivity index (χ0) is 9.68. The van der Waals surface area contributed by atoms with Crippen molar-refractivity contribution in [2.24, 2.45) is 5.92 Å². The first-order valence-electron chi connectivity index (χ1n) is 4.61. The molecule has 0 amide bonds. The van der Waals surface area contributed by atoms with Crippen LogP contribution >= 0.6 is 15.9 Å². The van der Waals surface area contributed by atoms with Gasteiger partial charge in [-0.3, -0.25) is 0 Å². The van der Waals surface area contributed by atoms with Crippen LogP contribution in [0.3, 0.4) is 0 Å². The van der Waals surface area contributed by atoms with E-state index in [0.717, 1.165) is 23.2 Å². The summed E-state index contributed by atoms with van der Waals surface area (Å²) in [6.45, 7) is 5.16. The van der Waals surface area contributed by atoms with E-state index < -0.39 is 0 Å². The third kappa shape index (κ3) is 3.39. The van der Waals surface area contributed by atoms with Crippen LogP contribution in [0.2, 0.25) is 0 Å². The summed E-state index contributed by atoms with van der Waals surface area (Å²) in [6, 6.07) is 7.94. The lowest BCUT2D eigenvalue weighted by atomic mass is 10.1. The largest absolute Gasteiger partial charge is 0.492 e. The average Bonchev–Trinajstić information content (AvgIpc) is 2.16. The standard InChI is InChI=1S/C11H15BrO/c1-3-9(2)8-13-11-7-5-4-6-10(11)12/h4-7,9H,3,8H2,1-2H3. The van der Waals surface area contributed by atoms with Gasteiger partial charge in [0.2, 0.25) is 0 Å². The Morgan fingerprint density at radius 3 is 2.69 bits per heavy atom.